The van der Waals surface area contributed by atoms with Gasteiger partial charge in [-0.1, -0.05) is 11.3 Å². The van der Waals surface area contributed by atoms with Crippen LogP contribution in [0.25, 0.3) is 11.4 Å². The molecule has 0 unspecified atom stereocenters. The highest BCUT2D eigenvalue weighted by molar-refractivity contribution is 7.17. The fourth-order valence-corrected chi connectivity index (χ4v) is 3.75. The summed E-state index contributed by atoms with van der Waals surface area (Å²) in [7, 11) is 0. The third kappa shape index (κ3) is 3.97. The van der Waals surface area contributed by atoms with Crippen LogP contribution in [0.4, 0.5) is 5.13 Å². The molecule has 29 heavy (non-hydrogen) atoms. The maximum Gasteiger partial charge on any atom is 0.224 e. The summed E-state index contributed by atoms with van der Waals surface area (Å²) in [4.78, 5) is 23.9. The Morgan fingerprint density at radius 3 is 2.69 bits per heavy atom. The van der Waals surface area contributed by atoms with Gasteiger partial charge in [0.25, 0.3) is 0 Å². The van der Waals surface area contributed by atoms with Gasteiger partial charge in [-0.15, -0.1) is 10.2 Å². The van der Waals surface area contributed by atoms with Crippen LogP contribution in [0.1, 0.15) is 26.5 Å². The first kappa shape index (κ1) is 19.1. The summed E-state index contributed by atoms with van der Waals surface area (Å²) in [6.45, 7) is 2.98. The molecule has 2 N–H and O–H groups in total. The molecule has 0 atom stereocenters. The molecule has 1 fully saturated rings. The highest BCUT2D eigenvalue weighted by atomic mass is 32.1. The van der Waals surface area contributed by atoms with Crippen molar-refractivity contribution in [2.45, 2.75) is 6.54 Å². The van der Waals surface area contributed by atoms with E-state index in [4.69, 9.17) is 10.5 Å². The summed E-state index contributed by atoms with van der Waals surface area (Å²) in [5.74, 6) is 0.0635. The number of nitrogens with zero attached hydrogens (tertiary/aromatic N) is 6. The molecule has 9 nitrogen and oxygen atoms in total. The van der Waals surface area contributed by atoms with E-state index >= 15 is 0 Å². The van der Waals surface area contributed by atoms with Crippen LogP contribution >= 0.6 is 11.3 Å². The average Bonchev–Trinajstić information content (AvgIpc) is 3.29. The lowest BCUT2D eigenvalue weighted by molar-refractivity contribution is 0.103. The summed E-state index contributed by atoms with van der Waals surface area (Å²) < 4.78 is 5.35. The zero-order chi connectivity index (χ0) is 20.2. The first-order chi connectivity index (χ1) is 14.2. The van der Waals surface area contributed by atoms with E-state index in [1.54, 1.807) is 24.5 Å². The van der Waals surface area contributed by atoms with E-state index in [-0.39, 0.29) is 10.8 Å². The molecule has 0 radical (unpaired) electrons. The number of ether oxygens (including phenoxy) is 1. The van der Waals surface area contributed by atoms with Crippen LogP contribution in [0.5, 0.6) is 0 Å². The van der Waals surface area contributed by atoms with E-state index in [0.29, 0.717) is 60.5 Å². The zero-order valence-electron chi connectivity index (χ0n) is 15.4. The van der Waals surface area contributed by atoms with Crippen molar-refractivity contribution in [1.82, 2.24) is 20.2 Å². The van der Waals surface area contributed by atoms with Gasteiger partial charge in [-0.05, 0) is 18.2 Å². The van der Waals surface area contributed by atoms with Gasteiger partial charge in [0, 0.05) is 48.7 Å². The largest absolute Gasteiger partial charge is 0.378 e. The molecule has 0 aliphatic carbocycles. The Hall–Kier alpha value is -3.26. The average molecular weight is 407 g/mol. The van der Waals surface area contributed by atoms with Crippen molar-refractivity contribution in [1.29, 1.82) is 5.26 Å². The van der Waals surface area contributed by atoms with Gasteiger partial charge < -0.3 is 15.4 Å². The van der Waals surface area contributed by atoms with E-state index in [1.165, 1.54) is 17.4 Å². The molecule has 0 saturated carbocycles. The fourth-order valence-electron chi connectivity index (χ4n) is 2.90. The molecule has 0 amide bonds. The van der Waals surface area contributed by atoms with E-state index in [0.717, 1.165) is 5.56 Å². The van der Waals surface area contributed by atoms with Crippen LogP contribution in [-0.2, 0) is 11.3 Å². The lowest BCUT2D eigenvalue weighted by atomic mass is 10.00. The Morgan fingerprint density at radius 2 is 2.00 bits per heavy atom. The summed E-state index contributed by atoms with van der Waals surface area (Å²) in [6.07, 6.45) is 3.24. The molecule has 2 aromatic heterocycles. The van der Waals surface area contributed by atoms with Crippen molar-refractivity contribution in [3.05, 3.63) is 52.3 Å². The summed E-state index contributed by atoms with van der Waals surface area (Å²) in [5.41, 5.74) is 7.60. The maximum atomic E-state index is 13.2. The van der Waals surface area contributed by atoms with Crippen molar-refractivity contribution in [3.63, 3.8) is 0 Å². The number of nitrogens with two attached hydrogens (primary N) is 1. The predicted molar refractivity (Wildman–Crippen MR) is 106 cm³/mol. The number of hydrogen-bond acceptors (Lipinski definition) is 10. The topological polar surface area (TPSA) is 131 Å². The Kier molecular flexibility index (Phi) is 5.53. The van der Waals surface area contributed by atoms with E-state index in [9.17, 15) is 10.1 Å². The van der Waals surface area contributed by atoms with Crippen LogP contribution < -0.4 is 10.6 Å². The molecule has 1 aliphatic heterocycles. The molecule has 10 heteroatoms. The molecule has 1 saturated heterocycles. The Bertz CT molecular complexity index is 1070. The van der Waals surface area contributed by atoms with E-state index < -0.39 is 0 Å². The summed E-state index contributed by atoms with van der Waals surface area (Å²) >= 11 is 1.22. The van der Waals surface area contributed by atoms with Gasteiger partial charge in [-0.3, -0.25) is 4.79 Å². The van der Waals surface area contributed by atoms with Crippen LogP contribution in [0.3, 0.4) is 0 Å². The zero-order valence-corrected chi connectivity index (χ0v) is 16.2. The molecule has 3 aromatic rings. The Balaban J connectivity index is 1.70. The quantitative estimate of drug-likeness (QED) is 0.623. The van der Waals surface area contributed by atoms with E-state index in [2.05, 4.69) is 26.2 Å². The molecule has 1 aliphatic rings. The molecular weight excluding hydrogens is 390 g/mol. The molecule has 146 valence electrons. The van der Waals surface area contributed by atoms with Gasteiger partial charge in [0.2, 0.25) is 10.9 Å². The first-order valence-corrected chi connectivity index (χ1v) is 9.77. The molecule has 1 aromatic carbocycles. The predicted octanol–water partition coefficient (Wildman–Crippen LogP) is 1.39. The minimum absolute atomic E-state index is 0.251. The number of morpholine rings is 1. The monoisotopic (exact) mass is 407 g/mol. The number of carbonyl (C=O) groups excluding carboxylic acids is 1. The third-order valence-electron chi connectivity index (χ3n) is 4.47. The fraction of sp³-hybridized carbons (Fsp3) is 0.263. The molecule has 0 spiro atoms. The lowest BCUT2D eigenvalue weighted by Crippen LogP contribution is -2.36. The van der Waals surface area contributed by atoms with Gasteiger partial charge in [0.1, 0.15) is 0 Å². The summed E-state index contributed by atoms with van der Waals surface area (Å²) in [6, 6.07) is 6.90. The van der Waals surface area contributed by atoms with Gasteiger partial charge in [0.15, 0.2) is 10.8 Å². The minimum atomic E-state index is -0.319. The van der Waals surface area contributed by atoms with Crippen LogP contribution in [0.2, 0.25) is 0 Å². The van der Waals surface area contributed by atoms with E-state index in [1.807, 2.05) is 4.90 Å². The first-order valence-electron chi connectivity index (χ1n) is 8.96. The number of carbonyl (C=O) groups is 1. The van der Waals surface area contributed by atoms with Gasteiger partial charge >= 0.3 is 0 Å². The van der Waals surface area contributed by atoms with Crippen molar-refractivity contribution in [2.24, 2.45) is 5.73 Å². The standard InChI is InChI=1S/C19H17N7O2S/c20-8-12-1-2-14(17-22-10-13(9-21)11-23-17)15(7-12)16(27)18-24-25-19(29-18)26-3-5-28-6-4-26/h1-2,7,10-11H,3-6,9,21H2. The number of aromatic nitrogens is 4. The number of ketones is 1. The normalized spacial score (nSPS) is 13.9. The second kappa shape index (κ2) is 8.40. The second-order valence-corrected chi connectivity index (χ2v) is 7.27. The smallest absolute Gasteiger partial charge is 0.224 e. The molecule has 4 rings (SSSR count). The summed E-state index contributed by atoms with van der Waals surface area (Å²) in [5, 5.41) is 18.4. The van der Waals surface area contributed by atoms with Gasteiger partial charge in [0.05, 0.1) is 24.8 Å². The number of hydrogen-bond donors (Lipinski definition) is 1. The number of benzene rings is 1. The van der Waals surface area contributed by atoms with Crippen molar-refractivity contribution in [3.8, 4) is 17.5 Å². The van der Waals surface area contributed by atoms with Crippen LogP contribution in [0, 0.1) is 11.3 Å². The van der Waals surface area contributed by atoms with Crippen molar-refractivity contribution in [2.75, 3.05) is 31.2 Å². The highest BCUT2D eigenvalue weighted by Crippen LogP contribution is 2.28. The molecule has 3 heterocycles. The number of anilines is 1. The highest BCUT2D eigenvalue weighted by Gasteiger charge is 2.23. The Morgan fingerprint density at radius 1 is 1.24 bits per heavy atom. The maximum absolute atomic E-state index is 13.2. The second-order valence-electron chi connectivity index (χ2n) is 6.31. The van der Waals surface area contributed by atoms with Gasteiger partial charge in [-0.2, -0.15) is 5.26 Å². The van der Waals surface area contributed by atoms with Gasteiger partial charge in [-0.25, -0.2) is 9.97 Å². The SMILES string of the molecule is N#Cc1ccc(-c2ncc(CN)cn2)c(C(=O)c2nnc(N3CCOCC3)s2)c1. The molecular formula is C19H17N7O2S. The van der Waals surface area contributed by atoms with Crippen LogP contribution in [0.15, 0.2) is 30.6 Å². The number of rotatable bonds is 5. The lowest BCUT2D eigenvalue weighted by Gasteiger charge is -2.25. The third-order valence-corrected chi connectivity index (χ3v) is 5.45. The Labute approximate surface area is 170 Å². The minimum Gasteiger partial charge on any atom is -0.378 e. The number of nitriles is 1. The van der Waals surface area contributed by atoms with Crippen LogP contribution in [-0.4, -0.2) is 52.3 Å². The molecule has 0 bridgehead atoms. The van der Waals surface area contributed by atoms with Crippen molar-refractivity contribution < 1.29 is 9.53 Å². The van der Waals surface area contributed by atoms with Crippen molar-refractivity contribution >= 4 is 22.3 Å².